The van der Waals surface area contributed by atoms with Crippen LogP contribution in [-0.2, 0) is 14.3 Å². The van der Waals surface area contributed by atoms with Gasteiger partial charge in [-0.1, -0.05) is 39.3 Å². The summed E-state index contributed by atoms with van der Waals surface area (Å²) in [6.45, 7) is 12.4. The summed E-state index contributed by atoms with van der Waals surface area (Å²) in [5.41, 5.74) is 2.08. The lowest BCUT2D eigenvalue weighted by molar-refractivity contribution is -0.152. The molecule has 5 rings (SSSR count). The van der Waals surface area contributed by atoms with E-state index in [1.54, 1.807) is 5.57 Å². The zero-order valence-corrected chi connectivity index (χ0v) is 21.5. The van der Waals surface area contributed by atoms with E-state index < -0.39 is 0 Å². The van der Waals surface area contributed by atoms with Crippen molar-refractivity contribution in [2.75, 3.05) is 19.6 Å². The highest BCUT2D eigenvalue weighted by atomic mass is 16.5. The molecule has 0 radical (unpaired) electrons. The van der Waals surface area contributed by atoms with Crippen LogP contribution < -0.4 is 0 Å². The van der Waals surface area contributed by atoms with Crippen LogP contribution in [0.2, 0.25) is 0 Å². The molecule has 0 unspecified atom stereocenters. The van der Waals surface area contributed by atoms with E-state index in [9.17, 15) is 9.59 Å². The number of allylic oxidation sites excluding steroid dienone is 1. The van der Waals surface area contributed by atoms with E-state index in [1.807, 2.05) is 0 Å². The SMILES string of the molecule is CC1(C)CCCN(CCC(=O)O[C@H]2CC[C@@]3(C)C(=CC[C@@H]4[C@@H]3CC[C@]3(C)C(=O)CC[C@@H]43)C2)C1. The summed E-state index contributed by atoms with van der Waals surface area (Å²) in [6.07, 6.45) is 13.9. The average Bonchev–Trinajstić information content (AvgIpc) is 3.06. The highest BCUT2D eigenvalue weighted by molar-refractivity contribution is 5.87. The average molecular weight is 456 g/mol. The number of nitrogens with zero attached hydrogens (tertiary/aromatic N) is 1. The smallest absolute Gasteiger partial charge is 0.307 e. The molecule has 0 aromatic rings. The highest BCUT2D eigenvalue weighted by Crippen LogP contribution is 2.64. The minimum atomic E-state index is -0.0564. The fraction of sp³-hybridized carbons (Fsp3) is 0.862. The molecule has 0 spiro atoms. The van der Waals surface area contributed by atoms with Gasteiger partial charge in [0.15, 0.2) is 0 Å². The Balaban J connectivity index is 1.18. The van der Waals surface area contributed by atoms with E-state index in [-0.39, 0.29) is 22.9 Å². The largest absolute Gasteiger partial charge is 0.462 e. The van der Waals surface area contributed by atoms with Crippen molar-refractivity contribution < 1.29 is 14.3 Å². The quantitative estimate of drug-likeness (QED) is 0.389. The number of Topliss-reactive ketones (excluding diaryl/α,β-unsaturated/α-hetero) is 1. The van der Waals surface area contributed by atoms with Crippen molar-refractivity contribution in [2.24, 2.45) is 34.0 Å². The number of carbonyl (C=O) groups excluding carboxylic acids is 2. The van der Waals surface area contributed by atoms with Crippen molar-refractivity contribution in [3.63, 3.8) is 0 Å². The molecule has 4 fully saturated rings. The molecule has 4 nitrogen and oxygen atoms in total. The van der Waals surface area contributed by atoms with Crippen LogP contribution >= 0.6 is 0 Å². The molecule has 5 aliphatic rings. The Hall–Kier alpha value is -1.16. The lowest BCUT2D eigenvalue weighted by Crippen LogP contribution is -2.50. The third kappa shape index (κ3) is 4.23. The van der Waals surface area contributed by atoms with Gasteiger partial charge in [0.1, 0.15) is 11.9 Å². The van der Waals surface area contributed by atoms with Gasteiger partial charge < -0.3 is 9.64 Å². The molecule has 1 heterocycles. The van der Waals surface area contributed by atoms with Crippen LogP contribution in [0, 0.1) is 34.0 Å². The van der Waals surface area contributed by atoms with Gasteiger partial charge in [-0.05, 0) is 86.5 Å². The lowest BCUT2D eigenvalue weighted by Gasteiger charge is -2.56. The fourth-order valence-corrected chi connectivity index (χ4v) is 8.73. The third-order valence-electron chi connectivity index (χ3n) is 10.7. The van der Waals surface area contributed by atoms with Crippen molar-refractivity contribution in [3.8, 4) is 0 Å². The van der Waals surface area contributed by atoms with Crippen LogP contribution in [0.5, 0.6) is 0 Å². The van der Waals surface area contributed by atoms with Crippen LogP contribution in [0.4, 0.5) is 0 Å². The zero-order chi connectivity index (χ0) is 23.4. The molecule has 4 heteroatoms. The molecule has 0 N–H and O–H groups in total. The van der Waals surface area contributed by atoms with Crippen LogP contribution in [-0.4, -0.2) is 42.4 Å². The van der Waals surface area contributed by atoms with Crippen LogP contribution in [0.3, 0.4) is 0 Å². The van der Waals surface area contributed by atoms with Gasteiger partial charge in [0.2, 0.25) is 0 Å². The molecule has 184 valence electrons. The van der Waals surface area contributed by atoms with Crippen molar-refractivity contribution in [2.45, 2.75) is 104 Å². The minimum Gasteiger partial charge on any atom is -0.462 e. The van der Waals surface area contributed by atoms with Gasteiger partial charge in [-0.2, -0.15) is 0 Å². The zero-order valence-electron chi connectivity index (χ0n) is 21.5. The summed E-state index contributed by atoms with van der Waals surface area (Å²) in [4.78, 5) is 27.7. The first-order valence-electron chi connectivity index (χ1n) is 13.8. The first-order valence-corrected chi connectivity index (χ1v) is 13.8. The first-order chi connectivity index (χ1) is 15.6. The Labute approximate surface area is 200 Å². The van der Waals surface area contributed by atoms with Gasteiger partial charge in [0.05, 0.1) is 6.42 Å². The lowest BCUT2D eigenvalue weighted by atomic mass is 9.48. The highest BCUT2D eigenvalue weighted by Gasteiger charge is 2.58. The number of ether oxygens (including phenoxy) is 1. The van der Waals surface area contributed by atoms with Crippen LogP contribution in [0.1, 0.15) is 98.3 Å². The molecule has 1 saturated heterocycles. The second-order valence-electron chi connectivity index (χ2n) is 13.3. The number of likely N-dealkylation sites (tertiary alicyclic amines) is 1. The van der Waals surface area contributed by atoms with Gasteiger partial charge in [-0.15, -0.1) is 0 Å². The normalized spacial score (nSPS) is 42.7. The third-order valence-corrected chi connectivity index (χ3v) is 10.7. The van der Waals surface area contributed by atoms with Gasteiger partial charge >= 0.3 is 5.97 Å². The number of fused-ring (bicyclic) bond motifs is 5. The van der Waals surface area contributed by atoms with E-state index in [1.165, 1.54) is 19.3 Å². The molecule has 0 aromatic carbocycles. The summed E-state index contributed by atoms with van der Waals surface area (Å²) < 4.78 is 6.01. The van der Waals surface area contributed by atoms with Crippen LogP contribution in [0.15, 0.2) is 11.6 Å². The predicted octanol–water partition coefficient (Wildman–Crippen LogP) is 5.94. The van der Waals surface area contributed by atoms with E-state index in [2.05, 4.69) is 38.7 Å². The molecule has 4 aliphatic carbocycles. The van der Waals surface area contributed by atoms with Gasteiger partial charge in [-0.25, -0.2) is 0 Å². The maximum Gasteiger partial charge on any atom is 0.307 e. The summed E-state index contributed by atoms with van der Waals surface area (Å²) in [6, 6.07) is 0. The number of hydrogen-bond donors (Lipinski definition) is 0. The molecular formula is C29H45NO3. The predicted molar refractivity (Wildman–Crippen MR) is 131 cm³/mol. The van der Waals surface area contributed by atoms with Gasteiger partial charge in [0.25, 0.3) is 0 Å². The Morgan fingerprint density at radius 1 is 1.06 bits per heavy atom. The van der Waals surface area contributed by atoms with E-state index in [0.717, 1.165) is 64.6 Å². The number of carbonyl (C=O) groups is 2. The molecule has 1 aliphatic heterocycles. The van der Waals surface area contributed by atoms with E-state index in [4.69, 9.17) is 4.74 Å². The minimum absolute atomic E-state index is 0.0147. The molecule has 6 atom stereocenters. The first kappa shape index (κ1) is 23.6. The van der Waals surface area contributed by atoms with E-state index >= 15 is 0 Å². The molecule has 0 amide bonds. The molecule has 3 saturated carbocycles. The summed E-state index contributed by atoms with van der Waals surface area (Å²) in [5.74, 6) is 2.44. The Morgan fingerprint density at radius 2 is 1.82 bits per heavy atom. The molecule has 0 bridgehead atoms. The van der Waals surface area contributed by atoms with Crippen molar-refractivity contribution in [1.82, 2.24) is 4.90 Å². The van der Waals surface area contributed by atoms with E-state index in [0.29, 0.717) is 35.4 Å². The maximum absolute atomic E-state index is 12.7. The maximum atomic E-state index is 12.7. The number of ketones is 1. The van der Waals surface area contributed by atoms with Crippen molar-refractivity contribution in [1.29, 1.82) is 0 Å². The van der Waals surface area contributed by atoms with Crippen molar-refractivity contribution in [3.05, 3.63) is 11.6 Å². The molecular weight excluding hydrogens is 410 g/mol. The second-order valence-corrected chi connectivity index (χ2v) is 13.3. The molecule has 33 heavy (non-hydrogen) atoms. The number of piperidine rings is 1. The topological polar surface area (TPSA) is 46.6 Å². The van der Waals surface area contributed by atoms with Gasteiger partial charge in [0, 0.05) is 31.3 Å². The number of hydrogen-bond acceptors (Lipinski definition) is 4. The van der Waals surface area contributed by atoms with Crippen LogP contribution in [0.25, 0.3) is 0 Å². The summed E-state index contributed by atoms with van der Waals surface area (Å²) in [5, 5.41) is 0. The monoisotopic (exact) mass is 455 g/mol. The Morgan fingerprint density at radius 3 is 2.61 bits per heavy atom. The summed E-state index contributed by atoms with van der Waals surface area (Å²) >= 11 is 0. The standard InChI is InChI=1S/C29H45NO3/c1-27(2)13-5-16-30(19-27)17-12-26(32)33-21-10-14-28(3)20(18-21)6-7-22-23-8-9-25(31)29(23,4)15-11-24(22)28/h6,21-24H,5,7-19H2,1-4H3/t21-,22-,23-,24-,28-,29-/m0/s1. The van der Waals surface area contributed by atoms with Crippen molar-refractivity contribution >= 4 is 11.8 Å². The molecule has 0 aromatic heterocycles. The summed E-state index contributed by atoms with van der Waals surface area (Å²) in [7, 11) is 0. The number of rotatable bonds is 4. The fourth-order valence-electron chi connectivity index (χ4n) is 8.73. The number of esters is 1. The van der Waals surface area contributed by atoms with Gasteiger partial charge in [-0.3, -0.25) is 9.59 Å². The second kappa shape index (κ2) is 8.50. The Bertz CT molecular complexity index is 831. The Kier molecular flexibility index (Phi) is 6.07.